The fourth-order valence-electron chi connectivity index (χ4n) is 2.78. The second kappa shape index (κ2) is 8.71. The Morgan fingerprint density at radius 1 is 1.07 bits per heavy atom. The number of hydrazone groups is 1. The molecule has 0 unspecified atom stereocenters. The number of phenols is 2. The highest BCUT2D eigenvalue weighted by atomic mass is 32.2. The van der Waals surface area contributed by atoms with E-state index in [0.717, 1.165) is 27.5 Å². The third-order valence-electron chi connectivity index (χ3n) is 4.37. The number of hydrogen-bond donors (Lipinski definition) is 4. The van der Waals surface area contributed by atoms with Crippen LogP contribution in [0.5, 0.6) is 11.5 Å². The van der Waals surface area contributed by atoms with Crippen molar-refractivity contribution in [2.75, 3.05) is 0 Å². The molecule has 30 heavy (non-hydrogen) atoms. The molecule has 0 bridgehead atoms. The first-order valence-electron chi connectivity index (χ1n) is 9.11. The van der Waals surface area contributed by atoms with Gasteiger partial charge in [-0.25, -0.2) is 10.4 Å². The van der Waals surface area contributed by atoms with Crippen molar-refractivity contribution in [1.82, 2.24) is 15.4 Å². The molecule has 0 fully saturated rings. The fraction of sp³-hybridized carbons (Fsp3) is 0.0455. The van der Waals surface area contributed by atoms with Gasteiger partial charge in [0.2, 0.25) is 0 Å². The highest BCUT2D eigenvalue weighted by Gasteiger charge is 2.07. The third kappa shape index (κ3) is 4.44. The Morgan fingerprint density at radius 3 is 2.67 bits per heavy atom. The van der Waals surface area contributed by atoms with Crippen LogP contribution >= 0.6 is 11.8 Å². The summed E-state index contributed by atoms with van der Waals surface area (Å²) in [6, 6.07) is 19.6. The SMILES string of the molecule is O=C(NN=Cc1cccc(O)c1O)c1ccc(CSc2nc3ccccc3[nH]2)cc1. The molecule has 4 aromatic rings. The van der Waals surface area contributed by atoms with E-state index in [1.807, 2.05) is 36.4 Å². The van der Waals surface area contributed by atoms with Crippen molar-refractivity contribution in [3.63, 3.8) is 0 Å². The van der Waals surface area contributed by atoms with Crippen molar-refractivity contribution in [2.24, 2.45) is 5.10 Å². The summed E-state index contributed by atoms with van der Waals surface area (Å²) in [7, 11) is 0. The average Bonchev–Trinajstić information content (AvgIpc) is 3.18. The zero-order valence-corrected chi connectivity index (χ0v) is 16.6. The van der Waals surface area contributed by atoms with E-state index >= 15 is 0 Å². The molecule has 150 valence electrons. The van der Waals surface area contributed by atoms with E-state index in [-0.39, 0.29) is 17.4 Å². The summed E-state index contributed by atoms with van der Waals surface area (Å²) >= 11 is 1.59. The normalized spacial score (nSPS) is 11.2. The fourth-order valence-corrected chi connectivity index (χ4v) is 3.62. The van der Waals surface area contributed by atoms with Gasteiger partial charge in [0.15, 0.2) is 16.7 Å². The number of benzene rings is 3. The van der Waals surface area contributed by atoms with Crippen LogP contribution in [0.2, 0.25) is 0 Å². The standard InChI is InChI=1S/C22H18N4O3S/c27-19-7-3-4-16(20(19)28)12-23-26-21(29)15-10-8-14(9-11-15)13-30-22-24-17-5-1-2-6-18(17)25-22/h1-12,27-28H,13H2,(H,24,25)(H,26,29). The number of nitrogens with zero attached hydrogens (tertiary/aromatic N) is 2. The Morgan fingerprint density at radius 2 is 1.87 bits per heavy atom. The number of imidazole rings is 1. The first kappa shape index (κ1) is 19.5. The third-order valence-corrected chi connectivity index (χ3v) is 5.32. The molecule has 0 saturated heterocycles. The minimum atomic E-state index is -0.373. The van der Waals surface area contributed by atoms with Crippen molar-refractivity contribution >= 4 is 34.9 Å². The maximum Gasteiger partial charge on any atom is 0.271 e. The molecule has 0 aliphatic carbocycles. The largest absolute Gasteiger partial charge is 0.504 e. The Kier molecular flexibility index (Phi) is 5.67. The van der Waals surface area contributed by atoms with Gasteiger partial charge in [0.05, 0.1) is 17.2 Å². The molecule has 4 N–H and O–H groups in total. The van der Waals surface area contributed by atoms with Gasteiger partial charge in [0.1, 0.15) is 0 Å². The van der Waals surface area contributed by atoms with Gasteiger partial charge in [-0.3, -0.25) is 4.79 Å². The molecule has 7 nitrogen and oxygen atoms in total. The number of phenolic OH excluding ortho intramolecular Hbond substituents is 2. The summed E-state index contributed by atoms with van der Waals surface area (Å²) < 4.78 is 0. The van der Waals surface area contributed by atoms with Crippen LogP contribution in [-0.2, 0) is 5.75 Å². The van der Waals surface area contributed by atoms with Gasteiger partial charge in [-0.1, -0.05) is 42.1 Å². The first-order chi connectivity index (χ1) is 14.6. The second-order valence-corrected chi connectivity index (χ2v) is 7.42. The van der Waals surface area contributed by atoms with Gasteiger partial charge < -0.3 is 15.2 Å². The summed E-state index contributed by atoms with van der Waals surface area (Å²) in [5, 5.41) is 23.9. The van der Waals surface area contributed by atoms with Crippen LogP contribution < -0.4 is 5.43 Å². The number of aromatic amines is 1. The van der Waals surface area contributed by atoms with Crippen molar-refractivity contribution in [2.45, 2.75) is 10.9 Å². The molecule has 0 saturated carbocycles. The van der Waals surface area contributed by atoms with Gasteiger partial charge in [-0.05, 0) is 42.0 Å². The van der Waals surface area contributed by atoms with Crippen LogP contribution in [0.25, 0.3) is 11.0 Å². The number of para-hydroxylation sites is 3. The maximum absolute atomic E-state index is 12.2. The summed E-state index contributed by atoms with van der Waals surface area (Å²) in [6.45, 7) is 0. The van der Waals surface area contributed by atoms with Crippen LogP contribution in [-0.4, -0.2) is 32.3 Å². The van der Waals surface area contributed by atoms with Crippen molar-refractivity contribution in [3.05, 3.63) is 83.4 Å². The van der Waals surface area contributed by atoms with Gasteiger partial charge in [-0.15, -0.1) is 0 Å². The molecule has 0 spiro atoms. The van der Waals surface area contributed by atoms with Gasteiger partial charge in [0, 0.05) is 16.9 Å². The lowest BCUT2D eigenvalue weighted by atomic mass is 10.1. The smallest absolute Gasteiger partial charge is 0.271 e. The number of amides is 1. The minimum absolute atomic E-state index is 0.249. The molecular weight excluding hydrogens is 400 g/mol. The molecule has 4 rings (SSSR count). The molecule has 0 radical (unpaired) electrons. The Balaban J connectivity index is 1.33. The topological polar surface area (TPSA) is 111 Å². The van der Waals surface area contributed by atoms with Crippen molar-refractivity contribution in [3.8, 4) is 11.5 Å². The molecule has 0 aliphatic heterocycles. The molecule has 1 aromatic heterocycles. The number of thioether (sulfide) groups is 1. The quantitative estimate of drug-likeness (QED) is 0.164. The van der Waals surface area contributed by atoms with Crippen LogP contribution in [0, 0.1) is 0 Å². The molecule has 3 aromatic carbocycles. The average molecular weight is 418 g/mol. The number of aromatic nitrogens is 2. The minimum Gasteiger partial charge on any atom is -0.504 e. The molecule has 0 atom stereocenters. The highest BCUT2D eigenvalue weighted by Crippen LogP contribution is 2.26. The number of aromatic hydroxyl groups is 2. The lowest BCUT2D eigenvalue weighted by molar-refractivity contribution is 0.0955. The molecule has 1 heterocycles. The van der Waals surface area contributed by atoms with E-state index in [1.165, 1.54) is 12.3 Å². The predicted molar refractivity (Wildman–Crippen MR) is 117 cm³/mol. The zero-order chi connectivity index (χ0) is 20.9. The summed E-state index contributed by atoms with van der Waals surface area (Å²) in [6.07, 6.45) is 1.27. The second-order valence-electron chi connectivity index (χ2n) is 6.46. The number of hydrogen-bond acceptors (Lipinski definition) is 6. The Hall–Kier alpha value is -3.78. The number of rotatable bonds is 6. The van der Waals surface area contributed by atoms with E-state index in [0.29, 0.717) is 11.1 Å². The number of fused-ring (bicyclic) bond motifs is 1. The van der Waals surface area contributed by atoms with E-state index in [1.54, 1.807) is 36.0 Å². The van der Waals surface area contributed by atoms with Crippen LogP contribution in [0.3, 0.4) is 0 Å². The summed E-state index contributed by atoms with van der Waals surface area (Å²) in [5.41, 5.74) is 6.17. The number of carbonyl (C=O) groups is 1. The van der Waals surface area contributed by atoms with E-state index in [4.69, 9.17) is 0 Å². The zero-order valence-electron chi connectivity index (χ0n) is 15.7. The van der Waals surface area contributed by atoms with Gasteiger partial charge in [-0.2, -0.15) is 5.10 Å². The molecule has 8 heteroatoms. The van der Waals surface area contributed by atoms with Crippen molar-refractivity contribution < 1.29 is 15.0 Å². The van der Waals surface area contributed by atoms with Crippen LogP contribution in [0.4, 0.5) is 0 Å². The Bertz CT molecular complexity index is 1190. The Labute approximate surface area is 176 Å². The van der Waals surface area contributed by atoms with Crippen LogP contribution in [0.1, 0.15) is 21.5 Å². The number of nitrogens with one attached hydrogen (secondary N) is 2. The first-order valence-corrected chi connectivity index (χ1v) is 10.1. The van der Waals surface area contributed by atoms with E-state index in [2.05, 4.69) is 20.5 Å². The molecule has 0 aliphatic rings. The monoisotopic (exact) mass is 418 g/mol. The summed E-state index contributed by atoms with van der Waals surface area (Å²) in [4.78, 5) is 20.0. The van der Waals surface area contributed by atoms with E-state index < -0.39 is 0 Å². The lowest BCUT2D eigenvalue weighted by Gasteiger charge is -2.03. The highest BCUT2D eigenvalue weighted by molar-refractivity contribution is 7.98. The lowest BCUT2D eigenvalue weighted by Crippen LogP contribution is -2.17. The molecule has 1 amide bonds. The van der Waals surface area contributed by atoms with Crippen LogP contribution in [0.15, 0.2) is 77.0 Å². The summed E-state index contributed by atoms with van der Waals surface area (Å²) in [5.74, 6) is -0.193. The van der Waals surface area contributed by atoms with Gasteiger partial charge >= 0.3 is 0 Å². The van der Waals surface area contributed by atoms with Crippen molar-refractivity contribution in [1.29, 1.82) is 0 Å². The molecular formula is C22H18N4O3S. The van der Waals surface area contributed by atoms with Gasteiger partial charge in [0.25, 0.3) is 5.91 Å². The maximum atomic E-state index is 12.2. The number of carbonyl (C=O) groups excluding carboxylic acids is 1. The van der Waals surface area contributed by atoms with E-state index in [9.17, 15) is 15.0 Å². The predicted octanol–water partition coefficient (Wildman–Crippen LogP) is 4.03. The number of H-pyrrole nitrogens is 1.